The van der Waals surface area contributed by atoms with Crippen molar-refractivity contribution in [2.24, 2.45) is 0 Å². The Morgan fingerprint density at radius 1 is 1.32 bits per heavy atom. The number of hydrogen-bond donors (Lipinski definition) is 1. The van der Waals surface area contributed by atoms with Crippen molar-refractivity contribution < 1.29 is 14.4 Å². The van der Waals surface area contributed by atoms with Gasteiger partial charge in [-0.1, -0.05) is 35.0 Å². The van der Waals surface area contributed by atoms with E-state index in [1.54, 1.807) is 24.8 Å². The first kappa shape index (κ1) is 16.2. The van der Waals surface area contributed by atoms with E-state index in [-0.39, 0.29) is 18.2 Å². The van der Waals surface area contributed by atoms with Crippen molar-refractivity contribution in [3.8, 4) is 11.3 Å². The minimum absolute atomic E-state index is 0.182. The van der Waals surface area contributed by atoms with Gasteiger partial charge >= 0.3 is 0 Å². The predicted octanol–water partition coefficient (Wildman–Crippen LogP) is 2.88. The first-order chi connectivity index (χ1) is 10.3. The smallest absolute Gasteiger partial charge is 0.292 e. The average molecular weight is 302 g/mol. The first-order valence-electron chi connectivity index (χ1n) is 7.35. The molecule has 5 nitrogen and oxygen atoms in total. The van der Waals surface area contributed by atoms with Crippen molar-refractivity contribution in [3.63, 3.8) is 0 Å². The lowest BCUT2D eigenvalue weighted by Gasteiger charge is -2.27. The molecular formula is C17H22N2O3. The summed E-state index contributed by atoms with van der Waals surface area (Å²) in [7, 11) is 0. The summed E-state index contributed by atoms with van der Waals surface area (Å²) >= 11 is 0. The largest absolute Gasteiger partial charge is 0.389 e. The maximum atomic E-state index is 12.4. The van der Waals surface area contributed by atoms with Crippen LogP contribution in [-0.4, -0.2) is 39.8 Å². The van der Waals surface area contributed by atoms with Gasteiger partial charge < -0.3 is 14.5 Å². The van der Waals surface area contributed by atoms with E-state index in [1.165, 1.54) is 0 Å². The van der Waals surface area contributed by atoms with Crippen LogP contribution in [0.25, 0.3) is 11.3 Å². The molecule has 1 amide bonds. The molecule has 22 heavy (non-hydrogen) atoms. The van der Waals surface area contributed by atoms with E-state index in [0.717, 1.165) is 11.1 Å². The van der Waals surface area contributed by atoms with E-state index in [4.69, 9.17) is 4.52 Å². The Kier molecular flexibility index (Phi) is 4.66. The molecule has 2 aromatic rings. The molecule has 0 saturated carbocycles. The van der Waals surface area contributed by atoms with Crippen molar-refractivity contribution in [3.05, 3.63) is 41.7 Å². The van der Waals surface area contributed by atoms with Gasteiger partial charge in [-0.05, 0) is 27.7 Å². The van der Waals surface area contributed by atoms with Crippen molar-refractivity contribution >= 4 is 5.91 Å². The molecule has 0 aliphatic rings. The van der Waals surface area contributed by atoms with Crippen LogP contribution in [0.5, 0.6) is 0 Å². The van der Waals surface area contributed by atoms with Crippen LogP contribution in [0.4, 0.5) is 0 Å². The fourth-order valence-electron chi connectivity index (χ4n) is 2.19. The zero-order valence-corrected chi connectivity index (χ0v) is 13.5. The summed E-state index contributed by atoms with van der Waals surface area (Å²) in [5.74, 6) is -0.0860. The predicted molar refractivity (Wildman–Crippen MR) is 84.6 cm³/mol. The lowest BCUT2D eigenvalue weighted by Crippen LogP contribution is -2.42. The van der Waals surface area contributed by atoms with Gasteiger partial charge in [0.25, 0.3) is 5.91 Å². The second-order valence-electron chi connectivity index (χ2n) is 6.07. The Morgan fingerprint density at radius 3 is 2.50 bits per heavy atom. The fourth-order valence-corrected chi connectivity index (χ4v) is 2.19. The Balaban J connectivity index is 2.19. The number of carbonyl (C=O) groups is 1. The van der Waals surface area contributed by atoms with Crippen molar-refractivity contribution in [1.29, 1.82) is 0 Å². The minimum Gasteiger partial charge on any atom is -0.389 e. The molecule has 0 aliphatic heterocycles. The third kappa shape index (κ3) is 3.95. The summed E-state index contributed by atoms with van der Waals surface area (Å²) < 4.78 is 5.19. The third-order valence-corrected chi connectivity index (χ3v) is 3.32. The summed E-state index contributed by atoms with van der Waals surface area (Å²) in [4.78, 5) is 14.0. The molecule has 0 spiro atoms. The van der Waals surface area contributed by atoms with E-state index in [1.807, 2.05) is 38.1 Å². The summed E-state index contributed by atoms with van der Waals surface area (Å²) in [5.41, 5.74) is 1.73. The van der Waals surface area contributed by atoms with E-state index in [2.05, 4.69) is 5.16 Å². The molecule has 0 atom stereocenters. The summed E-state index contributed by atoms with van der Waals surface area (Å²) in [5, 5.41) is 13.8. The van der Waals surface area contributed by atoms with Gasteiger partial charge in [-0.25, -0.2) is 0 Å². The van der Waals surface area contributed by atoms with Crippen LogP contribution in [0.3, 0.4) is 0 Å². The number of aryl methyl sites for hydroxylation is 1. The number of benzene rings is 1. The first-order valence-corrected chi connectivity index (χ1v) is 7.35. The Bertz CT molecular complexity index is 639. The average Bonchev–Trinajstić information content (AvgIpc) is 2.93. The van der Waals surface area contributed by atoms with Gasteiger partial charge in [0.2, 0.25) is 5.76 Å². The minimum atomic E-state index is -0.953. The highest BCUT2D eigenvalue weighted by Gasteiger charge is 2.25. The van der Waals surface area contributed by atoms with Crippen LogP contribution in [0, 0.1) is 6.92 Å². The summed E-state index contributed by atoms with van der Waals surface area (Å²) in [6, 6.07) is 9.49. The monoisotopic (exact) mass is 302 g/mol. The Morgan fingerprint density at radius 2 is 1.95 bits per heavy atom. The molecule has 0 radical (unpaired) electrons. The van der Waals surface area contributed by atoms with Crippen molar-refractivity contribution in [2.75, 3.05) is 13.1 Å². The highest BCUT2D eigenvalue weighted by Crippen LogP contribution is 2.20. The lowest BCUT2D eigenvalue weighted by molar-refractivity contribution is 0.0294. The van der Waals surface area contributed by atoms with E-state index < -0.39 is 5.60 Å². The van der Waals surface area contributed by atoms with Gasteiger partial charge in [-0.2, -0.15) is 0 Å². The van der Waals surface area contributed by atoms with E-state index in [9.17, 15) is 9.90 Å². The summed E-state index contributed by atoms with van der Waals surface area (Å²) in [6.07, 6.45) is 0. The van der Waals surface area contributed by atoms with Crippen LogP contribution in [-0.2, 0) is 0 Å². The lowest BCUT2D eigenvalue weighted by atomic mass is 10.1. The number of hydrogen-bond acceptors (Lipinski definition) is 4. The molecule has 2 rings (SSSR count). The molecule has 0 aliphatic carbocycles. The van der Waals surface area contributed by atoms with E-state index in [0.29, 0.717) is 12.2 Å². The van der Waals surface area contributed by atoms with Crippen LogP contribution in [0.15, 0.2) is 34.9 Å². The number of rotatable bonds is 5. The third-order valence-electron chi connectivity index (χ3n) is 3.32. The zero-order valence-electron chi connectivity index (χ0n) is 13.5. The number of nitrogens with zero attached hydrogens (tertiary/aromatic N) is 2. The van der Waals surface area contributed by atoms with Crippen molar-refractivity contribution in [1.82, 2.24) is 10.1 Å². The molecule has 1 aromatic carbocycles. The van der Waals surface area contributed by atoms with Gasteiger partial charge in [0.1, 0.15) is 5.69 Å². The topological polar surface area (TPSA) is 66.6 Å². The van der Waals surface area contributed by atoms with Crippen molar-refractivity contribution in [2.45, 2.75) is 33.3 Å². The number of amides is 1. The maximum Gasteiger partial charge on any atom is 0.292 e. The molecule has 0 saturated heterocycles. The highest BCUT2D eigenvalue weighted by atomic mass is 16.5. The van der Waals surface area contributed by atoms with Crippen LogP contribution in [0.2, 0.25) is 0 Å². The molecule has 5 heteroatoms. The molecule has 1 aromatic heterocycles. The number of carbonyl (C=O) groups excluding carboxylic acids is 1. The molecule has 1 N–H and O–H groups in total. The maximum absolute atomic E-state index is 12.4. The number of aromatic nitrogens is 1. The normalized spacial score (nSPS) is 11.5. The Labute approximate surface area is 130 Å². The number of aliphatic hydroxyl groups is 1. The van der Waals surface area contributed by atoms with Gasteiger partial charge in [-0.3, -0.25) is 4.79 Å². The van der Waals surface area contributed by atoms with Gasteiger partial charge in [-0.15, -0.1) is 0 Å². The zero-order chi connectivity index (χ0) is 16.3. The molecule has 0 unspecified atom stereocenters. The van der Waals surface area contributed by atoms with Crippen LogP contribution in [0.1, 0.15) is 36.9 Å². The number of likely N-dealkylation sites (N-methyl/N-ethyl adjacent to an activating group) is 1. The SMILES string of the molecule is CCN(CC(C)(C)O)C(=O)c1cc(-c2ccc(C)cc2)no1. The highest BCUT2D eigenvalue weighted by molar-refractivity contribution is 5.92. The molecular weight excluding hydrogens is 280 g/mol. The summed E-state index contributed by atoms with van der Waals surface area (Å²) in [6.45, 7) is 7.94. The standard InChI is InChI=1S/C17H22N2O3/c1-5-19(11-17(3,4)21)16(20)15-10-14(18-22-15)13-8-6-12(2)7-9-13/h6-10,21H,5,11H2,1-4H3. The molecule has 0 bridgehead atoms. The Hall–Kier alpha value is -2.14. The van der Waals surface area contributed by atoms with Gasteiger partial charge in [0.05, 0.1) is 5.60 Å². The van der Waals surface area contributed by atoms with Crippen LogP contribution < -0.4 is 0 Å². The molecule has 1 heterocycles. The van der Waals surface area contributed by atoms with Gasteiger partial charge in [0, 0.05) is 24.7 Å². The quantitative estimate of drug-likeness (QED) is 0.922. The second kappa shape index (κ2) is 6.32. The fraction of sp³-hybridized carbons (Fsp3) is 0.412. The second-order valence-corrected chi connectivity index (χ2v) is 6.07. The molecule has 0 fully saturated rings. The van der Waals surface area contributed by atoms with Crippen LogP contribution >= 0.6 is 0 Å². The van der Waals surface area contributed by atoms with Gasteiger partial charge in [0.15, 0.2) is 0 Å². The van der Waals surface area contributed by atoms with E-state index >= 15 is 0 Å². The molecule has 118 valence electrons.